The van der Waals surface area contributed by atoms with E-state index in [-0.39, 0.29) is 31.3 Å². The van der Waals surface area contributed by atoms with Gasteiger partial charge in [0.1, 0.15) is 18.2 Å². The predicted molar refractivity (Wildman–Crippen MR) is 144 cm³/mol. The van der Waals surface area contributed by atoms with E-state index in [1.54, 1.807) is 20.8 Å². The average molecular weight is 509 g/mol. The van der Waals surface area contributed by atoms with E-state index in [0.29, 0.717) is 6.54 Å². The number of esters is 1. The number of fused-ring (bicyclic) bond motifs is 3. The second-order valence-corrected chi connectivity index (χ2v) is 10.5. The molecule has 3 rings (SSSR count). The van der Waals surface area contributed by atoms with E-state index in [1.165, 1.54) is 0 Å². The van der Waals surface area contributed by atoms with Crippen LogP contribution in [-0.2, 0) is 19.1 Å². The largest absolute Gasteiger partial charge is 0.460 e. The van der Waals surface area contributed by atoms with Crippen LogP contribution in [0.2, 0.25) is 0 Å². The third-order valence-corrected chi connectivity index (χ3v) is 6.34. The smallest absolute Gasteiger partial charge is 0.407 e. The lowest BCUT2D eigenvalue weighted by atomic mass is 9.98. The van der Waals surface area contributed by atoms with Crippen molar-refractivity contribution in [3.8, 4) is 11.1 Å². The lowest BCUT2D eigenvalue weighted by molar-refractivity contribution is -0.155. The van der Waals surface area contributed by atoms with Crippen LogP contribution in [0.15, 0.2) is 48.5 Å². The number of unbranched alkanes of at least 4 members (excludes halogenated alkanes) is 3. The molecule has 0 heterocycles. The zero-order chi connectivity index (χ0) is 26.8. The Kier molecular flexibility index (Phi) is 10.1. The number of amides is 2. The van der Waals surface area contributed by atoms with Crippen LogP contribution >= 0.6 is 0 Å². The molecule has 2 aromatic rings. The molecule has 0 spiro atoms. The minimum Gasteiger partial charge on any atom is -0.460 e. The number of hydrogen-bond donors (Lipinski definition) is 2. The Bertz CT molecular complexity index is 1030. The molecule has 37 heavy (non-hydrogen) atoms. The molecule has 0 saturated heterocycles. The van der Waals surface area contributed by atoms with Crippen LogP contribution in [0.1, 0.15) is 83.3 Å². The van der Waals surface area contributed by atoms with Gasteiger partial charge in [-0.3, -0.25) is 9.59 Å². The molecule has 7 heteroatoms. The van der Waals surface area contributed by atoms with Crippen LogP contribution in [-0.4, -0.2) is 42.8 Å². The molecule has 0 radical (unpaired) electrons. The van der Waals surface area contributed by atoms with Gasteiger partial charge in [0.2, 0.25) is 5.91 Å². The summed E-state index contributed by atoms with van der Waals surface area (Å²) in [6.45, 7) is 8.18. The van der Waals surface area contributed by atoms with Gasteiger partial charge in [0, 0.05) is 18.9 Å². The number of carbonyl (C=O) groups excluding carboxylic acids is 3. The van der Waals surface area contributed by atoms with E-state index in [2.05, 4.69) is 41.8 Å². The molecular formula is C30H40N2O5. The molecule has 0 unspecified atom stereocenters. The van der Waals surface area contributed by atoms with Crippen LogP contribution in [0.25, 0.3) is 11.1 Å². The second-order valence-electron chi connectivity index (χ2n) is 10.5. The van der Waals surface area contributed by atoms with Crippen LogP contribution in [0.4, 0.5) is 4.79 Å². The van der Waals surface area contributed by atoms with Gasteiger partial charge in [0.25, 0.3) is 0 Å². The van der Waals surface area contributed by atoms with Crippen molar-refractivity contribution in [3.63, 3.8) is 0 Å². The van der Waals surface area contributed by atoms with Gasteiger partial charge in [-0.1, -0.05) is 74.7 Å². The van der Waals surface area contributed by atoms with Crippen molar-refractivity contribution in [1.82, 2.24) is 10.6 Å². The first-order valence-electron chi connectivity index (χ1n) is 13.3. The van der Waals surface area contributed by atoms with Crippen molar-refractivity contribution in [2.45, 2.75) is 83.8 Å². The third-order valence-electron chi connectivity index (χ3n) is 6.34. The molecule has 0 aliphatic heterocycles. The van der Waals surface area contributed by atoms with Crippen molar-refractivity contribution in [2.24, 2.45) is 0 Å². The summed E-state index contributed by atoms with van der Waals surface area (Å²) in [4.78, 5) is 37.9. The minimum atomic E-state index is -0.894. The number of nitrogens with one attached hydrogen (secondary N) is 2. The molecular weight excluding hydrogens is 468 g/mol. The molecule has 2 N–H and O–H groups in total. The monoisotopic (exact) mass is 508 g/mol. The Hall–Kier alpha value is -3.35. The molecule has 2 aromatic carbocycles. The van der Waals surface area contributed by atoms with Crippen LogP contribution in [0, 0.1) is 0 Å². The van der Waals surface area contributed by atoms with Crippen molar-refractivity contribution in [2.75, 3.05) is 13.2 Å². The Morgan fingerprint density at radius 3 is 2.14 bits per heavy atom. The summed E-state index contributed by atoms with van der Waals surface area (Å²) >= 11 is 0. The first-order valence-corrected chi connectivity index (χ1v) is 13.3. The number of ether oxygens (including phenoxy) is 2. The van der Waals surface area contributed by atoms with Gasteiger partial charge in [0.15, 0.2) is 0 Å². The third kappa shape index (κ3) is 8.34. The number of alkyl carbamates (subject to hydrolysis) is 1. The molecule has 0 bridgehead atoms. The summed E-state index contributed by atoms with van der Waals surface area (Å²) in [7, 11) is 0. The second kappa shape index (κ2) is 13.3. The molecule has 0 aromatic heterocycles. The molecule has 1 atom stereocenters. The molecule has 0 saturated carbocycles. The molecule has 2 amide bonds. The van der Waals surface area contributed by atoms with Gasteiger partial charge in [0.05, 0.1) is 0 Å². The Morgan fingerprint density at radius 2 is 1.54 bits per heavy atom. The lowest BCUT2D eigenvalue weighted by Gasteiger charge is -2.22. The fraction of sp³-hybridized carbons (Fsp3) is 0.500. The van der Waals surface area contributed by atoms with E-state index in [1.807, 2.05) is 24.3 Å². The highest BCUT2D eigenvalue weighted by Gasteiger charge is 2.30. The van der Waals surface area contributed by atoms with Gasteiger partial charge in [-0.15, -0.1) is 0 Å². The summed E-state index contributed by atoms with van der Waals surface area (Å²) in [5.41, 5.74) is 3.90. The maximum absolute atomic E-state index is 12.9. The highest BCUT2D eigenvalue weighted by molar-refractivity contribution is 5.86. The fourth-order valence-corrected chi connectivity index (χ4v) is 4.59. The molecule has 7 nitrogen and oxygen atoms in total. The minimum absolute atomic E-state index is 0.00878. The highest BCUT2D eigenvalue weighted by atomic mass is 16.6. The Morgan fingerprint density at radius 1 is 0.919 bits per heavy atom. The van der Waals surface area contributed by atoms with Crippen molar-refractivity contribution < 1.29 is 23.9 Å². The van der Waals surface area contributed by atoms with Crippen LogP contribution in [0.3, 0.4) is 0 Å². The van der Waals surface area contributed by atoms with Gasteiger partial charge >= 0.3 is 12.1 Å². The summed E-state index contributed by atoms with van der Waals surface area (Å²) in [6.07, 6.45) is 3.56. The maximum Gasteiger partial charge on any atom is 0.407 e. The van der Waals surface area contributed by atoms with E-state index in [0.717, 1.165) is 47.9 Å². The highest BCUT2D eigenvalue weighted by Crippen LogP contribution is 2.44. The molecule has 1 aliphatic rings. The van der Waals surface area contributed by atoms with Gasteiger partial charge < -0.3 is 20.1 Å². The topological polar surface area (TPSA) is 93.7 Å². The van der Waals surface area contributed by atoms with Crippen molar-refractivity contribution in [1.29, 1.82) is 0 Å². The number of benzene rings is 2. The lowest BCUT2D eigenvalue weighted by Crippen LogP contribution is -2.47. The quantitative estimate of drug-likeness (QED) is 0.283. The first kappa shape index (κ1) is 28.2. The standard InChI is InChI=1S/C30H40N2O5/c1-5-6-7-12-19-31-28(34)26(17-18-27(33)37-30(2,3)4)32-29(35)36-20-25-23-15-10-8-13-21(23)22-14-9-11-16-24(22)25/h8-11,13-16,25-26H,5-7,12,17-20H2,1-4H3,(H,31,34)(H,32,35)/t26-/m0/s1. The summed E-state index contributed by atoms with van der Waals surface area (Å²) in [5.74, 6) is -0.818. The normalized spacial score (nSPS) is 13.3. The zero-order valence-corrected chi connectivity index (χ0v) is 22.5. The van der Waals surface area contributed by atoms with E-state index < -0.39 is 23.7 Å². The number of hydrogen-bond acceptors (Lipinski definition) is 5. The van der Waals surface area contributed by atoms with Crippen LogP contribution < -0.4 is 10.6 Å². The Balaban J connectivity index is 1.60. The van der Waals surface area contributed by atoms with Crippen LogP contribution in [0.5, 0.6) is 0 Å². The van der Waals surface area contributed by atoms with E-state index >= 15 is 0 Å². The molecule has 0 fully saturated rings. The summed E-state index contributed by atoms with van der Waals surface area (Å²) in [6, 6.07) is 15.3. The molecule has 200 valence electrons. The average Bonchev–Trinajstić information content (AvgIpc) is 3.17. The van der Waals surface area contributed by atoms with Gasteiger partial charge in [-0.2, -0.15) is 0 Å². The van der Waals surface area contributed by atoms with E-state index in [9.17, 15) is 14.4 Å². The van der Waals surface area contributed by atoms with Gasteiger partial charge in [-0.25, -0.2) is 4.79 Å². The fourth-order valence-electron chi connectivity index (χ4n) is 4.59. The summed E-state index contributed by atoms with van der Waals surface area (Å²) < 4.78 is 11.0. The predicted octanol–water partition coefficient (Wildman–Crippen LogP) is 5.71. The zero-order valence-electron chi connectivity index (χ0n) is 22.5. The number of rotatable bonds is 12. The SMILES string of the molecule is CCCCCCNC(=O)[C@H](CCC(=O)OC(C)(C)C)NC(=O)OCC1c2ccccc2-c2ccccc21. The van der Waals surface area contributed by atoms with Gasteiger partial charge in [-0.05, 0) is 55.9 Å². The first-order chi connectivity index (χ1) is 17.7. The Labute approximate surface area is 220 Å². The van der Waals surface area contributed by atoms with E-state index in [4.69, 9.17) is 9.47 Å². The maximum atomic E-state index is 12.9. The number of carbonyl (C=O) groups is 3. The van der Waals surface area contributed by atoms with Crippen molar-refractivity contribution >= 4 is 18.0 Å². The molecule has 1 aliphatic carbocycles. The van der Waals surface area contributed by atoms with Crippen molar-refractivity contribution in [3.05, 3.63) is 59.7 Å². The summed E-state index contributed by atoms with van der Waals surface area (Å²) in [5, 5.41) is 5.56.